The van der Waals surface area contributed by atoms with E-state index in [1.165, 1.54) is 0 Å². The Labute approximate surface area is 768 Å². The molecular formula is C73H121N5O57S. The Morgan fingerprint density at radius 2 is 0.640 bits per heavy atom. The minimum atomic E-state index is -5.54. The van der Waals surface area contributed by atoms with Gasteiger partial charge in [0.05, 0.1) is 78.2 Å². The number of aliphatic carboxylic acids is 1. The van der Waals surface area contributed by atoms with Gasteiger partial charge in [-0.2, -0.15) is 8.42 Å². The van der Waals surface area contributed by atoms with Crippen LogP contribution in [0.15, 0.2) is 0 Å². The highest BCUT2D eigenvalue weighted by atomic mass is 32.3. The van der Waals surface area contributed by atoms with Gasteiger partial charge in [-0.3, -0.25) is 28.5 Å². The highest BCUT2D eigenvalue weighted by Gasteiger charge is 2.65. The van der Waals surface area contributed by atoms with Crippen molar-refractivity contribution in [3.8, 4) is 0 Å². The summed E-state index contributed by atoms with van der Waals surface area (Å²) < 4.78 is 150. The van der Waals surface area contributed by atoms with Crippen molar-refractivity contribution in [3.05, 3.63) is 0 Å². The fourth-order valence-corrected chi connectivity index (χ4v) is 17.8. The molecule has 0 aromatic heterocycles. The molecule has 10 aliphatic heterocycles. The van der Waals surface area contributed by atoms with E-state index in [4.69, 9.17) is 90.0 Å². The van der Waals surface area contributed by atoms with E-state index >= 15 is 0 Å². The molecule has 0 aromatic carbocycles. The maximum atomic E-state index is 13.3. The number of carbonyl (C=O) groups excluding carboxylic acids is 5. The van der Waals surface area contributed by atoms with Gasteiger partial charge in [0, 0.05) is 41.0 Å². The first-order chi connectivity index (χ1) is 64.0. The minimum absolute atomic E-state index is 0.829. The predicted molar refractivity (Wildman–Crippen MR) is 415 cm³/mol. The highest BCUT2D eigenvalue weighted by Crippen LogP contribution is 2.43. The fraction of sp³-hybridized carbons (Fsp3) is 0.918. The zero-order chi connectivity index (χ0) is 101. The van der Waals surface area contributed by atoms with E-state index in [9.17, 15) is 185 Å². The normalized spacial score (nSPS) is 46.3. The lowest BCUT2D eigenvalue weighted by Crippen LogP contribution is -2.71. The third-order valence-electron chi connectivity index (χ3n) is 24.1. The molecule has 10 fully saturated rings. The van der Waals surface area contributed by atoms with Crippen molar-refractivity contribution in [1.82, 2.24) is 26.6 Å². The number of carboxylic acids is 1. The van der Waals surface area contributed by atoms with Crippen LogP contribution < -0.4 is 26.6 Å². The van der Waals surface area contributed by atoms with Gasteiger partial charge in [0.1, 0.15) is 238 Å². The molecule has 10 rings (SSSR count). The number of nitrogens with one attached hydrogen (secondary N) is 5. The number of carboxylic acid groups (broad SMARTS) is 1. The van der Waals surface area contributed by atoms with Gasteiger partial charge in [0.15, 0.2) is 56.6 Å². The molecule has 62 nitrogen and oxygen atoms in total. The standard InChI is InChI=1S/C73H121N5O57S/c1-17(88)74-33-22(93)6-73(72(111)112,133-57(33)38(95)23(94)7-79)134-59-41(98)26(10-82)118-68(51(59)108)128-55-30(14-86)123-65(36(46(55)103)77-20(4)91)131-61-48(105)39(96)24(8-80)120-70(61)116-16-32-43(100)58(50(107)67(125-32)127-54-29(13-85)122-64(35(45(54)102)76-19(3)90)126-53-28(12-84)117-63(110)34(44(53)101)75-18(2)89)130-71-62(49(106)40(97)25(9-81)121-71)132-66-37(78-21(5)92)47(104)56(31(15-87)124-66)129-69-52(109)60(135-136(113,114)115)42(99)27(11-83)119-69/h22-71,79-87,93-110H,6-16H2,1-5H3,(H,74,88)(H,75,89)(H,76,90)(H,77,91)(H,78,92)(H,111,112)(H,113,114,115)/t22-,23+,24+,25+,26+,27+,28+,29+,30+,31+,32+,33+,34+,35+,36+,37+,38+,39+,40+,41-,42-,43+,44+,45+,46+,47+,48-,49-,50-,51+,52+,53+,54+,55+,56+,57+,58-,59-,60-,61-,62-,63?,64-,65-,66-,67-,68-,69-,70-,71+,73-/m0/s1. The monoisotopic (exact) mass is 2010 g/mol. The first-order valence-corrected chi connectivity index (χ1v) is 43.8. The summed E-state index contributed by atoms with van der Waals surface area (Å²) in [4.78, 5) is 77.2. The van der Waals surface area contributed by atoms with Gasteiger partial charge in [-0.25, -0.2) is 8.98 Å². The summed E-state index contributed by atoms with van der Waals surface area (Å²) in [5, 5.41) is 327. The summed E-state index contributed by atoms with van der Waals surface area (Å²) in [5.74, 6) is -10.4. The molecule has 0 saturated carbocycles. The average molecular weight is 2010 g/mol. The Balaban J connectivity index is 0.972. The van der Waals surface area contributed by atoms with Gasteiger partial charge in [-0.1, -0.05) is 0 Å². The van der Waals surface area contributed by atoms with Crippen molar-refractivity contribution in [2.45, 2.75) is 353 Å². The molecule has 51 atom stereocenters. The smallest absolute Gasteiger partial charge is 0.397 e. The van der Waals surface area contributed by atoms with Gasteiger partial charge < -0.3 is 260 Å². The molecule has 136 heavy (non-hydrogen) atoms. The third-order valence-corrected chi connectivity index (χ3v) is 24.5. The summed E-state index contributed by atoms with van der Waals surface area (Å²) in [6.07, 6.45) is -103. The zero-order valence-electron chi connectivity index (χ0n) is 72.5. The molecule has 63 heteroatoms. The summed E-state index contributed by atoms with van der Waals surface area (Å²) in [5.41, 5.74) is 0. The van der Waals surface area contributed by atoms with E-state index in [-0.39, 0.29) is 0 Å². The van der Waals surface area contributed by atoms with Crippen molar-refractivity contribution in [2.75, 3.05) is 66.1 Å². The van der Waals surface area contributed by atoms with Crippen LogP contribution in [0.2, 0.25) is 0 Å². The minimum Gasteiger partial charge on any atom is -0.477 e. The zero-order valence-corrected chi connectivity index (χ0v) is 73.3. The second kappa shape index (κ2) is 48.5. The SMILES string of the molecule is CC(=O)N[C@H]1[C@H](O[C@H]2[C@H](O)[C@@H](NC(C)=O)C(O)O[C@@H]2CO)O[C@H](CO)[C@@H](O[C@@H]2O[C@H](CO[C@H]3O[C@H](CO)[C@@H](O)[C@H](O)[C@@H]3O[C@@H]3O[C@H](CO)[C@@H](O[C@@H]4O[C@H](CO)[C@H](O)[C@H](O[C@]5(C(=O)O)C[C@H](O)[C@@H](NC(C)=O)[C@H]([C@H](O)[C@H](O)CO)O5)[C@H]4O)[C@H](O)[C@H]3NC(C)=O)[C@@H](O)[C@H](O[C@H]3O[C@H](CO)[C@@H](O)[C@H](O)[C@@H]3O[C@@H]3O[C@H](CO)[C@@H](O[C@@H]4O[C@H](CO)[C@H](O)[C@H](OS(=O)(=O)O)[C@H]4O)[C@H](O)[C@H]3NC(C)=O)[C@@H]2O)[C@@H]1O. The van der Waals surface area contributed by atoms with Crippen LogP contribution in [-0.2, 0) is 133 Å². The van der Waals surface area contributed by atoms with E-state index in [2.05, 4.69) is 30.8 Å². The number of ether oxygens (including phenoxy) is 19. The molecule has 5 amide bonds. The van der Waals surface area contributed by atoms with E-state index in [0.29, 0.717) is 0 Å². The number of aliphatic hydroxyl groups excluding tert-OH is 27. The van der Waals surface area contributed by atoms with Crippen molar-refractivity contribution in [2.24, 2.45) is 0 Å². The average Bonchev–Trinajstić information content (AvgIpc) is 0.755. The van der Waals surface area contributed by atoms with Gasteiger partial charge in [-0.05, 0) is 0 Å². The Kier molecular flexibility index (Phi) is 40.2. The van der Waals surface area contributed by atoms with Gasteiger partial charge in [0.2, 0.25) is 29.5 Å². The van der Waals surface area contributed by atoms with Crippen LogP contribution in [-0.4, -0.2) is 570 Å². The first kappa shape index (κ1) is 113. The van der Waals surface area contributed by atoms with Gasteiger partial charge in [-0.15, -0.1) is 0 Å². The van der Waals surface area contributed by atoms with Gasteiger partial charge in [0.25, 0.3) is 5.79 Å². The molecule has 10 heterocycles. The molecule has 1 unspecified atom stereocenters. The molecule has 0 aliphatic carbocycles. The number of hydrogen-bond donors (Lipinski definition) is 34. The molecular weight excluding hydrogens is 1890 g/mol. The third kappa shape index (κ3) is 25.4. The Bertz CT molecular complexity index is 3970. The second-order valence-electron chi connectivity index (χ2n) is 33.6. The van der Waals surface area contributed by atoms with Crippen LogP contribution in [0.5, 0.6) is 0 Å². The maximum Gasteiger partial charge on any atom is 0.397 e. The van der Waals surface area contributed by atoms with Crippen molar-refractivity contribution in [1.29, 1.82) is 0 Å². The van der Waals surface area contributed by atoms with Gasteiger partial charge >= 0.3 is 16.4 Å². The van der Waals surface area contributed by atoms with Crippen LogP contribution in [0.25, 0.3) is 0 Å². The Morgan fingerprint density at radius 3 is 1.03 bits per heavy atom. The van der Waals surface area contributed by atoms with Crippen LogP contribution in [0.1, 0.15) is 41.0 Å². The molecule has 0 spiro atoms. The molecule has 34 N–H and O–H groups in total. The number of hydrogen-bond acceptors (Lipinski definition) is 55. The van der Waals surface area contributed by atoms with Crippen molar-refractivity contribution >= 4 is 45.9 Å². The molecule has 0 aromatic rings. The van der Waals surface area contributed by atoms with Crippen LogP contribution in [0.3, 0.4) is 0 Å². The highest BCUT2D eigenvalue weighted by molar-refractivity contribution is 7.80. The number of amides is 5. The number of carbonyl (C=O) groups is 6. The van der Waals surface area contributed by atoms with Crippen LogP contribution >= 0.6 is 0 Å². The topological polar surface area (TPSA) is 968 Å². The van der Waals surface area contributed by atoms with E-state index in [1.54, 1.807) is 0 Å². The molecule has 0 bridgehead atoms. The second-order valence-corrected chi connectivity index (χ2v) is 34.7. The fourth-order valence-electron chi connectivity index (χ4n) is 17.3. The number of rotatable bonds is 38. The summed E-state index contributed by atoms with van der Waals surface area (Å²) in [6, 6.07) is -9.72. The van der Waals surface area contributed by atoms with Crippen LogP contribution in [0, 0.1) is 0 Å². The quantitative estimate of drug-likeness (QED) is 0.0255. The lowest BCUT2D eigenvalue weighted by molar-refractivity contribution is -0.399. The van der Waals surface area contributed by atoms with Crippen molar-refractivity contribution in [3.63, 3.8) is 0 Å². The van der Waals surface area contributed by atoms with E-state index in [0.717, 1.165) is 34.6 Å². The maximum absolute atomic E-state index is 13.3. The Hall–Kier alpha value is -5.15. The molecule has 10 aliphatic rings. The lowest BCUT2D eigenvalue weighted by atomic mass is 9.88. The summed E-state index contributed by atoms with van der Waals surface area (Å²) in [6.45, 7) is -7.86. The first-order valence-electron chi connectivity index (χ1n) is 42.4. The lowest BCUT2D eigenvalue weighted by Gasteiger charge is -2.51. The Morgan fingerprint density at radius 1 is 0.338 bits per heavy atom. The summed E-state index contributed by atoms with van der Waals surface area (Å²) >= 11 is 0. The number of aliphatic hydroxyl groups is 27. The molecule has 10 saturated heterocycles. The molecule has 786 valence electrons. The van der Waals surface area contributed by atoms with E-state index in [1.807, 2.05) is 0 Å². The van der Waals surface area contributed by atoms with Crippen molar-refractivity contribution < 1.29 is 279 Å². The van der Waals surface area contributed by atoms with E-state index < -0.39 is 431 Å². The van der Waals surface area contributed by atoms with Crippen LogP contribution in [0.4, 0.5) is 0 Å². The predicted octanol–water partition coefficient (Wildman–Crippen LogP) is -23.1. The summed E-state index contributed by atoms with van der Waals surface area (Å²) in [7, 11) is -5.54. The molecule has 0 radical (unpaired) electrons. The largest absolute Gasteiger partial charge is 0.477 e.